The van der Waals surface area contributed by atoms with Crippen molar-refractivity contribution >= 4 is 28.2 Å². The molecule has 1 amide bonds. The van der Waals surface area contributed by atoms with Crippen LogP contribution in [0.1, 0.15) is 62.3 Å². The first-order valence-corrected chi connectivity index (χ1v) is 10.3. The van der Waals surface area contributed by atoms with Gasteiger partial charge in [0.05, 0.1) is 12.2 Å². The average Bonchev–Trinajstić information content (AvgIpc) is 3.04. The summed E-state index contributed by atoms with van der Waals surface area (Å²) in [4.78, 5) is 25.7. The number of aryl methyl sites for hydroxylation is 1. The van der Waals surface area contributed by atoms with Crippen molar-refractivity contribution in [1.29, 1.82) is 0 Å². The predicted octanol–water partition coefficient (Wildman–Crippen LogP) is 5.19. The highest BCUT2D eigenvalue weighted by Gasteiger charge is 2.22. The smallest absolute Gasteiger partial charge is 0.341 e. The van der Waals surface area contributed by atoms with Gasteiger partial charge in [0.25, 0.3) is 5.91 Å². The first kappa shape index (κ1) is 22.0. The molecule has 2 aromatic rings. The molecule has 1 heterocycles. The molecule has 0 bridgehead atoms. The zero-order valence-electron chi connectivity index (χ0n) is 17.4. The van der Waals surface area contributed by atoms with E-state index in [0.717, 1.165) is 11.3 Å². The zero-order chi connectivity index (χ0) is 20.9. The maximum absolute atomic E-state index is 12.6. The van der Waals surface area contributed by atoms with Crippen molar-refractivity contribution in [1.82, 2.24) is 0 Å². The fourth-order valence-corrected chi connectivity index (χ4v) is 3.56. The second kappa shape index (κ2) is 9.24. The molecular weight excluding hydrogens is 374 g/mol. The normalized spacial score (nSPS) is 12.4. The molecule has 0 saturated carbocycles. The van der Waals surface area contributed by atoms with Gasteiger partial charge in [-0.25, -0.2) is 4.79 Å². The molecule has 5 nitrogen and oxygen atoms in total. The minimum atomic E-state index is -0.706. The molecule has 2 rings (SSSR count). The number of ether oxygens (including phenoxy) is 2. The summed E-state index contributed by atoms with van der Waals surface area (Å²) < 4.78 is 10.9. The molecule has 0 fully saturated rings. The van der Waals surface area contributed by atoms with E-state index in [1.165, 1.54) is 16.9 Å². The summed E-state index contributed by atoms with van der Waals surface area (Å²) in [6.45, 7) is 12.2. The molecule has 6 heteroatoms. The van der Waals surface area contributed by atoms with Crippen LogP contribution in [0.25, 0.3) is 0 Å². The average molecular weight is 404 g/mol. The molecule has 28 heavy (non-hydrogen) atoms. The summed E-state index contributed by atoms with van der Waals surface area (Å²) >= 11 is 1.38. The minimum absolute atomic E-state index is 0.0567. The van der Waals surface area contributed by atoms with Gasteiger partial charge in [0.15, 0.2) is 6.10 Å². The van der Waals surface area contributed by atoms with Crippen molar-refractivity contribution in [2.75, 3.05) is 11.9 Å². The number of nitrogens with one attached hydrogen (secondary N) is 1. The van der Waals surface area contributed by atoms with Crippen molar-refractivity contribution in [2.45, 2.75) is 59.5 Å². The zero-order valence-corrected chi connectivity index (χ0v) is 18.2. The summed E-state index contributed by atoms with van der Waals surface area (Å²) in [6, 6.07) is 9.52. The molecule has 0 saturated heterocycles. The molecule has 1 aromatic heterocycles. The SMILES string of the molecule is CCOC(=O)c1cc(CC)sc1NC(=O)C(C)Oc1ccc(C(C)(C)C)cc1. The molecule has 1 aromatic carbocycles. The van der Waals surface area contributed by atoms with Crippen LogP contribution in [-0.2, 0) is 21.4 Å². The Morgan fingerprint density at radius 3 is 2.32 bits per heavy atom. The highest BCUT2D eigenvalue weighted by Crippen LogP contribution is 2.30. The molecule has 0 radical (unpaired) electrons. The quantitative estimate of drug-likeness (QED) is 0.646. The van der Waals surface area contributed by atoms with Crippen LogP contribution in [0.15, 0.2) is 30.3 Å². The van der Waals surface area contributed by atoms with Gasteiger partial charge in [-0.1, -0.05) is 39.8 Å². The van der Waals surface area contributed by atoms with Crippen LogP contribution in [0, 0.1) is 0 Å². The van der Waals surface area contributed by atoms with Crippen LogP contribution < -0.4 is 10.1 Å². The van der Waals surface area contributed by atoms with Gasteiger partial charge < -0.3 is 14.8 Å². The van der Waals surface area contributed by atoms with Crippen molar-refractivity contribution in [3.05, 3.63) is 46.3 Å². The van der Waals surface area contributed by atoms with E-state index in [9.17, 15) is 9.59 Å². The number of hydrogen-bond acceptors (Lipinski definition) is 5. The van der Waals surface area contributed by atoms with Gasteiger partial charge in [0.1, 0.15) is 10.8 Å². The number of rotatable bonds is 7. The molecule has 0 spiro atoms. The number of amides is 1. The second-order valence-corrected chi connectivity index (χ2v) is 8.69. The molecule has 1 atom stereocenters. The Labute approximate surface area is 171 Å². The number of carbonyl (C=O) groups is 2. The molecule has 0 aliphatic rings. The van der Waals surface area contributed by atoms with Crippen LogP contribution in [0.5, 0.6) is 5.75 Å². The van der Waals surface area contributed by atoms with E-state index in [2.05, 4.69) is 26.1 Å². The number of benzene rings is 1. The van der Waals surface area contributed by atoms with Crippen LogP contribution >= 0.6 is 11.3 Å². The van der Waals surface area contributed by atoms with Gasteiger partial charge in [-0.15, -0.1) is 11.3 Å². The summed E-state index contributed by atoms with van der Waals surface area (Å²) in [5, 5.41) is 3.31. The standard InChI is InChI=1S/C22H29NO4S/c1-7-17-13-18(21(25)26-8-2)20(28-17)23-19(24)14(3)27-16-11-9-15(10-12-16)22(4,5)6/h9-14H,7-8H2,1-6H3,(H,23,24). The van der Waals surface area contributed by atoms with Gasteiger partial charge in [0.2, 0.25) is 0 Å². The fraction of sp³-hybridized carbons (Fsp3) is 0.455. The first-order valence-electron chi connectivity index (χ1n) is 9.53. The number of carbonyl (C=O) groups excluding carboxylic acids is 2. The van der Waals surface area contributed by atoms with Crippen molar-refractivity contribution < 1.29 is 19.1 Å². The molecule has 0 aliphatic heterocycles. The fourth-order valence-electron chi connectivity index (χ4n) is 2.57. The third-order valence-electron chi connectivity index (χ3n) is 4.27. The highest BCUT2D eigenvalue weighted by molar-refractivity contribution is 7.16. The van der Waals surface area contributed by atoms with E-state index < -0.39 is 12.1 Å². The Hall–Kier alpha value is -2.34. The third-order valence-corrected chi connectivity index (χ3v) is 5.46. The summed E-state index contributed by atoms with van der Waals surface area (Å²) in [5.74, 6) is -0.114. The summed E-state index contributed by atoms with van der Waals surface area (Å²) in [5.41, 5.74) is 1.64. The highest BCUT2D eigenvalue weighted by atomic mass is 32.1. The Morgan fingerprint density at radius 1 is 1.14 bits per heavy atom. The van der Waals surface area contributed by atoms with Gasteiger partial charge in [-0.3, -0.25) is 4.79 Å². The van der Waals surface area contributed by atoms with Crippen LogP contribution in [0.3, 0.4) is 0 Å². The van der Waals surface area contributed by atoms with E-state index in [1.807, 2.05) is 31.2 Å². The van der Waals surface area contributed by atoms with Gasteiger partial charge in [0, 0.05) is 4.88 Å². The third kappa shape index (κ3) is 5.58. The largest absolute Gasteiger partial charge is 0.481 e. The maximum atomic E-state index is 12.6. The van der Waals surface area contributed by atoms with E-state index in [0.29, 0.717) is 16.3 Å². The molecule has 1 N–H and O–H groups in total. The minimum Gasteiger partial charge on any atom is -0.481 e. The second-order valence-electron chi connectivity index (χ2n) is 7.55. The lowest BCUT2D eigenvalue weighted by molar-refractivity contribution is -0.122. The Balaban J connectivity index is 2.08. The first-order chi connectivity index (χ1) is 13.2. The lowest BCUT2D eigenvalue weighted by atomic mass is 9.87. The van der Waals surface area contributed by atoms with E-state index in [-0.39, 0.29) is 17.9 Å². The number of hydrogen-bond donors (Lipinski definition) is 1. The molecule has 152 valence electrons. The van der Waals surface area contributed by atoms with Crippen LogP contribution in [-0.4, -0.2) is 24.6 Å². The van der Waals surface area contributed by atoms with E-state index in [4.69, 9.17) is 9.47 Å². The van der Waals surface area contributed by atoms with Gasteiger partial charge >= 0.3 is 5.97 Å². The Bertz CT molecular complexity index is 818. The summed E-state index contributed by atoms with van der Waals surface area (Å²) in [6.07, 6.45) is 0.0711. The number of esters is 1. The van der Waals surface area contributed by atoms with Crippen LogP contribution in [0.2, 0.25) is 0 Å². The predicted molar refractivity (Wildman–Crippen MR) is 114 cm³/mol. The van der Waals surface area contributed by atoms with Crippen molar-refractivity contribution in [3.8, 4) is 5.75 Å². The van der Waals surface area contributed by atoms with Gasteiger partial charge in [-0.05, 0) is 49.4 Å². The molecule has 0 aliphatic carbocycles. The number of thiophene rings is 1. The maximum Gasteiger partial charge on any atom is 0.341 e. The van der Waals surface area contributed by atoms with E-state index >= 15 is 0 Å². The van der Waals surface area contributed by atoms with Crippen LogP contribution in [0.4, 0.5) is 5.00 Å². The monoisotopic (exact) mass is 403 g/mol. The van der Waals surface area contributed by atoms with Gasteiger partial charge in [-0.2, -0.15) is 0 Å². The molecular formula is C22H29NO4S. The topological polar surface area (TPSA) is 64.6 Å². The van der Waals surface area contributed by atoms with Crippen molar-refractivity contribution in [3.63, 3.8) is 0 Å². The Morgan fingerprint density at radius 2 is 1.79 bits per heavy atom. The lowest BCUT2D eigenvalue weighted by Gasteiger charge is -2.20. The number of anilines is 1. The van der Waals surface area contributed by atoms with E-state index in [1.54, 1.807) is 19.9 Å². The summed E-state index contributed by atoms with van der Waals surface area (Å²) in [7, 11) is 0. The Kier molecular flexibility index (Phi) is 7.24. The molecule has 1 unspecified atom stereocenters. The van der Waals surface area contributed by atoms with Crippen molar-refractivity contribution in [2.24, 2.45) is 0 Å². The lowest BCUT2D eigenvalue weighted by Crippen LogP contribution is -2.30.